The third-order valence-corrected chi connectivity index (χ3v) is 4.80. The van der Waals surface area contributed by atoms with E-state index in [0.29, 0.717) is 30.4 Å². The van der Waals surface area contributed by atoms with E-state index in [2.05, 4.69) is 0 Å². The number of likely N-dealkylation sites (tertiary alicyclic amines) is 1. The predicted octanol–water partition coefficient (Wildman–Crippen LogP) is 3.66. The summed E-state index contributed by atoms with van der Waals surface area (Å²) in [4.78, 5) is 14.1. The molecular weight excluding hydrogens is 274 g/mol. The second-order valence-electron chi connectivity index (χ2n) is 5.76. The summed E-state index contributed by atoms with van der Waals surface area (Å²) in [5.41, 5.74) is 1.03. The normalized spacial score (nSPS) is 28.4. The fraction of sp³-hybridized carbons (Fsp3) is 0.562. The minimum Gasteiger partial charge on any atom is -0.445 e. The molecule has 0 spiro atoms. The number of carbonyl (C=O) groups excluding carboxylic acids is 1. The summed E-state index contributed by atoms with van der Waals surface area (Å²) >= 11 is 5.91. The minimum atomic E-state index is -0.170. The first-order chi connectivity index (χ1) is 9.79. The number of benzene rings is 1. The van der Waals surface area contributed by atoms with Crippen molar-refractivity contribution in [1.82, 2.24) is 4.90 Å². The Kier molecular flexibility index (Phi) is 4.16. The Balaban J connectivity index is 1.54. The van der Waals surface area contributed by atoms with Crippen LogP contribution in [0.15, 0.2) is 30.3 Å². The molecule has 108 valence electrons. The quantitative estimate of drug-likeness (QED) is 0.793. The molecule has 0 aromatic heterocycles. The fourth-order valence-corrected chi connectivity index (χ4v) is 3.54. The third-order valence-electron chi connectivity index (χ3n) is 4.41. The first-order valence-electron chi connectivity index (χ1n) is 7.33. The van der Waals surface area contributed by atoms with Crippen molar-refractivity contribution in [2.75, 3.05) is 12.4 Å². The molecule has 2 fully saturated rings. The van der Waals surface area contributed by atoms with Crippen molar-refractivity contribution in [3.8, 4) is 0 Å². The highest BCUT2D eigenvalue weighted by molar-refractivity contribution is 6.18. The standard InChI is InChI=1S/C16H20ClNO2/c17-10-13-9-14(13)15-7-4-8-18(15)16(19)20-11-12-5-2-1-3-6-12/h1-3,5-6,13-15H,4,7-11H2. The van der Waals surface area contributed by atoms with Gasteiger partial charge in [0, 0.05) is 18.5 Å². The van der Waals surface area contributed by atoms with Crippen molar-refractivity contribution in [2.24, 2.45) is 11.8 Å². The maximum Gasteiger partial charge on any atom is 0.410 e. The van der Waals surface area contributed by atoms with E-state index in [4.69, 9.17) is 16.3 Å². The van der Waals surface area contributed by atoms with Crippen LogP contribution < -0.4 is 0 Å². The van der Waals surface area contributed by atoms with Gasteiger partial charge in [-0.05, 0) is 36.7 Å². The van der Waals surface area contributed by atoms with Crippen LogP contribution in [0.4, 0.5) is 4.79 Å². The van der Waals surface area contributed by atoms with Crippen LogP contribution in [0.2, 0.25) is 0 Å². The van der Waals surface area contributed by atoms with Crippen LogP contribution >= 0.6 is 11.6 Å². The number of hydrogen-bond donors (Lipinski definition) is 0. The highest BCUT2D eigenvalue weighted by Gasteiger charge is 2.47. The van der Waals surface area contributed by atoms with Gasteiger partial charge in [0.2, 0.25) is 0 Å². The average Bonchev–Trinajstić information content (AvgIpc) is 3.12. The van der Waals surface area contributed by atoms with Gasteiger partial charge in [-0.3, -0.25) is 0 Å². The topological polar surface area (TPSA) is 29.5 Å². The van der Waals surface area contributed by atoms with Crippen LogP contribution in [-0.4, -0.2) is 29.5 Å². The van der Waals surface area contributed by atoms with Crippen LogP contribution in [0.25, 0.3) is 0 Å². The summed E-state index contributed by atoms with van der Waals surface area (Å²) in [5.74, 6) is 1.91. The number of carbonyl (C=O) groups is 1. The van der Waals surface area contributed by atoms with Gasteiger partial charge in [0.1, 0.15) is 6.61 Å². The number of halogens is 1. The van der Waals surface area contributed by atoms with E-state index >= 15 is 0 Å². The van der Waals surface area contributed by atoms with Gasteiger partial charge in [0.25, 0.3) is 0 Å². The first kappa shape index (κ1) is 13.7. The fourth-order valence-electron chi connectivity index (χ4n) is 3.19. The molecule has 2 aliphatic rings. The molecule has 3 atom stereocenters. The second-order valence-corrected chi connectivity index (χ2v) is 6.07. The molecule has 3 nitrogen and oxygen atoms in total. The first-order valence-corrected chi connectivity index (χ1v) is 7.86. The summed E-state index contributed by atoms with van der Waals surface area (Å²) in [5, 5.41) is 0. The summed E-state index contributed by atoms with van der Waals surface area (Å²) in [6.45, 7) is 1.18. The van der Waals surface area contributed by atoms with Gasteiger partial charge in [-0.15, -0.1) is 11.6 Å². The van der Waals surface area contributed by atoms with Gasteiger partial charge >= 0.3 is 6.09 Å². The average molecular weight is 294 g/mol. The van der Waals surface area contributed by atoms with Crippen molar-refractivity contribution < 1.29 is 9.53 Å². The van der Waals surface area contributed by atoms with Gasteiger partial charge in [-0.25, -0.2) is 4.79 Å². The van der Waals surface area contributed by atoms with Gasteiger partial charge in [0.15, 0.2) is 0 Å². The van der Waals surface area contributed by atoms with E-state index in [0.717, 1.165) is 31.4 Å². The van der Waals surface area contributed by atoms with Crippen molar-refractivity contribution in [3.63, 3.8) is 0 Å². The van der Waals surface area contributed by atoms with E-state index in [1.807, 2.05) is 35.2 Å². The van der Waals surface area contributed by atoms with E-state index in [-0.39, 0.29) is 6.09 Å². The van der Waals surface area contributed by atoms with Crippen LogP contribution in [0.5, 0.6) is 0 Å². The zero-order valence-corrected chi connectivity index (χ0v) is 12.3. The Hall–Kier alpha value is -1.22. The molecule has 0 N–H and O–H groups in total. The van der Waals surface area contributed by atoms with E-state index < -0.39 is 0 Å². The summed E-state index contributed by atoms with van der Waals surface area (Å²) in [6, 6.07) is 10.2. The Labute approximate surface area is 124 Å². The third kappa shape index (κ3) is 2.93. The number of alkyl halides is 1. The van der Waals surface area contributed by atoms with Crippen LogP contribution in [0.3, 0.4) is 0 Å². The molecule has 1 heterocycles. The molecule has 1 aliphatic heterocycles. The molecule has 1 aliphatic carbocycles. The monoisotopic (exact) mass is 293 g/mol. The van der Waals surface area contributed by atoms with Crippen molar-refractivity contribution in [2.45, 2.75) is 31.9 Å². The lowest BCUT2D eigenvalue weighted by Gasteiger charge is -2.24. The highest BCUT2D eigenvalue weighted by Crippen LogP contribution is 2.46. The molecular formula is C16H20ClNO2. The lowest BCUT2D eigenvalue weighted by molar-refractivity contribution is 0.0882. The summed E-state index contributed by atoms with van der Waals surface area (Å²) < 4.78 is 5.44. The molecule has 1 saturated carbocycles. The molecule has 0 radical (unpaired) electrons. The Morgan fingerprint density at radius 3 is 2.85 bits per heavy atom. The minimum absolute atomic E-state index is 0.170. The number of rotatable bonds is 4. The molecule has 0 bridgehead atoms. The van der Waals surface area contributed by atoms with Gasteiger partial charge in [-0.1, -0.05) is 30.3 Å². The Morgan fingerprint density at radius 2 is 2.15 bits per heavy atom. The van der Waals surface area contributed by atoms with E-state index in [1.165, 1.54) is 0 Å². The molecule has 3 rings (SSSR count). The molecule has 3 unspecified atom stereocenters. The molecule has 1 amide bonds. The lowest BCUT2D eigenvalue weighted by Crippen LogP contribution is -2.37. The van der Waals surface area contributed by atoms with Crippen LogP contribution in [-0.2, 0) is 11.3 Å². The summed E-state index contributed by atoms with van der Waals surface area (Å²) in [7, 11) is 0. The van der Waals surface area contributed by atoms with Gasteiger partial charge in [-0.2, -0.15) is 0 Å². The Bertz CT molecular complexity index is 465. The summed E-state index contributed by atoms with van der Waals surface area (Å²) in [6.07, 6.45) is 3.17. The molecule has 20 heavy (non-hydrogen) atoms. The zero-order chi connectivity index (χ0) is 13.9. The molecule has 1 saturated heterocycles. The smallest absolute Gasteiger partial charge is 0.410 e. The largest absolute Gasteiger partial charge is 0.445 e. The zero-order valence-electron chi connectivity index (χ0n) is 11.5. The number of amides is 1. The maximum atomic E-state index is 12.2. The highest BCUT2D eigenvalue weighted by atomic mass is 35.5. The molecule has 1 aromatic carbocycles. The predicted molar refractivity (Wildman–Crippen MR) is 78.7 cm³/mol. The molecule has 1 aromatic rings. The van der Waals surface area contributed by atoms with Crippen LogP contribution in [0.1, 0.15) is 24.8 Å². The number of ether oxygens (including phenoxy) is 1. The lowest BCUT2D eigenvalue weighted by atomic mass is 10.1. The van der Waals surface area contributed by atoms with E-state index in [1.54, 1.807) is 0 Å². The van der Waals surface area contributed by atoms with Crippen molar-refractivity contribution >= 4 is 17.7 Å². The van der Waals surface area contributed by atoms with Crippen molar-refractivity contribution in [3.05, 3.63) is 35.9 Å². The molecule has 4 heteroatoms. The SMILES string of the molecule is O=C(OCc1ccccc1)N1CCCC1C1CC1CCl. The number of hydrogen-bond acceptors (Lipinski definition) is 2. The second kappa shape index (κ2) is 6.04. The van der Waals surface area contributed by atoms with Gasteiger partial charge in [0.05, 0.1) is 0 Å². The van der Waals surface area contributed by atoms with E-state index in [9.17, 15) is 4.79 Å². The van der Waals surface area contributed by atoms with Crippen LogP contribution in [0, 0.1) is 11.8 Å². The Morgan fingerprint density at radius 1 is 1.35 bits per heavy atom. The number of nitrogens with zero attached hydrogens (tertiary/aromatic N) is 1. The van der Waals surface area contributed by atoms with Crippen molar-refractivity contribution in [1.29, 1.82) is 0 Å². The van der Waals surface area contributed by atoms with Gasteiger partial charge < -0.3 is 9.64 Å². The maximum absolute atomic E-state index is 12.2.